The largest absolute Gasteiger partial charge is 0.266 e. The first kappa shape index (κ1) is 16.4. The molecule has 1 heterocycles. The molecule has 0 unspecified atom stereocenters. The number of sulfonamides is 1. The molecule has 0 amide bonds. The minimum Gasteiger partial charge on any atom is -0.266 e. The van der Waals surface area contributed by atoms with Crippen LogP contribution in [-0.2, 0) is 16.4 Å². The third-order valence-electron chi connectivity index (χ3n) is 3.85. The van der Waals surface area contributed by atoms with Crippen molar-refractivity contribution in [1.29, 1.82) is 0 Å². The number of nitrogens with zero attached hydrogens (tertiary/aromatic N) is 1. The minimum absolute atomic E-state index is 0.0839. The Morgan fingerprint density at radius 2 is 1.91 bits per heavy atom. The second kappa shape index (κ2) is 5.87. The van der Waals surface area contributed by atoms with Crippen LogP contribution in [0.15, 0.2) is 39.7 Å². The molecule has 0 saturated carbocycles. The Morgan fingerprint density at radius 3 is 2.61 bits per heavy atom. The van der Waals surface area contributed by atoms with E-state index in [0.29, 0.717) is 17.3 Å². The van der Waals surface area contributed by atoms with Crippen LogP contribution in [-0.4, -0.2) is 15.0 Å². The molecule has 0 aliphatic carbocycles. The Balaban J connectivity index is 2.16. The summed E-state index contributed by atoms with van der Waals surface area (Å²) in [5.41, 5.74) is 1.23. The van der Waals surface area contributed by atoms with E-state index in [9.17, 15) is 17.2 Å². The Labute approximate surface area is 142 Å². The van der Waals surface area contributed by atoms with Crippen molar-refractivity contribution >= 4 is 31.6 Å². The lowest BCUT2D eigenvalue weighted by Gasteiger charge is -2.31. The van der Waals surface area contributed by atoms with E-state index in [0.717, 1.165) is 22.0 Å². The molecule has 122 valence electrons. The molecular weight excluding hydrogens is 388 g/mol. The van der Waals surface area contributed by atoms with Crippen LogP contribution in [0, 0.1) is 18.6 Å². The molecule has 23 heavy (non-hydrogen) atoms. The highest BCUT2D eigenvalue weighted by atomic mass is 79.9. The predicted octanol–water partition coefficient (Wildman–Crippen LogP) is 4.18. The fourth-order valence-electron chi connectivity index (χ4n) is 2.76. The maximum Gasteiger partial charge on any atom is 0.265 e. The fourth-order valence-corrected chi connectivity index (χ4v) is 5.44. The topological polar surface area (TPSA) is 37.4 Å². The standard InChI is InChI=1S/C16H14BrF2NO2S/c1-10-4-5-16(13(17)7-10)23(21,22)20-6-2-3-12-14(19)8-11(18)9-15(12)20/h4-5,7-9H,2-3,6H2,1H3. The molecule has 1 aliphatic rings. The van der Waals surface area contributed by atoms with Crippen LogP contribution in [0.2, 0.25) is 0 Å². The van der Waals surface area contributed by atoms with Crippen molar-refractivity contribution in [1.82, 2.24) is 0 Å². The summed E-state index contributed by atoms with van der Waals surface area (Å²) in [6, 6.07) is 6.76. The molecular formula is C16H14BrF2NO2S. The fraction of sp³-hybridized carbons (Fsp3) is 0.250. The maximum atomic E-state index is 14.0. The van der Waals surface area contributed by atoms with Crippen molar-refractivity contribution in [3.63, 3.8) is 0 Å². The van der Waals surface area contributed by atoms with Gasteiger partial charge in [-0.25, -0.2) is 17.2 Å². The summed E-state index contributed by atoms with van der Waals surface area (Å²) in [5, 5.41) is 0. The number of hydrogen-bond acceptors (Lipinski definition) is 2. The van der Waals surface area contributed by atoms with Crippen LogP contribution >= 0.6 is 15.9 Å². The molecule has 2 aromatic rings. The van der Waals surface area contributed by atoms with E-state index >= 15 is 0 Å². The van der Waals surface area contributed by atoms with Crippen LogP contribution in [0.25, 0.3) is 0 Å². The second-order valence-electron chi connectivity index (χ2n) is 5.50. The van der Waals surface area contributed by atoms with E-state index in [1.54, 1.807) is 12.1 Å². The number of anilines is 1. The van der Waals surface area contributed by atoms with Gasteiger partial charge in [-0.3, -0.25) is 4.31 Å². The Kier molecular flexibility index (Phi) is 4.18. The zero-order valence-corrected chi connectivity index (χ0v) is 14.7. The molecule has 0 bridgehead atoms. The maximum absolute atomic E-state index is 14.0. The van der Waals surface area contributed by atoms with Gasteiger partial charge in [0.2, 0.25) is 0 Å². The van der Waals surface area contributed by atoms with Gasteiger partial charge in [-0.2, -0.15) is 0 Å². The van der Waals surface area contributed by atoms with Crippen molar-refractivity contribution in [3.8, 4) is 0 Å². The van der Waals surface area contributed by atoms with Crippen molar-refractivity contribution < 1.29 is 17.2 Å². The summed E-state index contributed by atoms with van der Waals surface area (Å²) in [4.78, 5) is 0.0839. The molecule has 0 saturated heterocycles. The Bertz CT molecular complexity index is 884. The van der Waals surface area contributed by atoms with Gasteiger partial charge in [0, 0.05) is 22.6 Å². The number of rotatable bonds is 2. The summed E-state index contributed by atoms with van der Waals surface area (Å²) >= 11 is 3.26. The van der Waals surface area contributed by atoms with E-state index in [2.05, 4.69) is 15.9 Å². The number of halogens is 3. The molecule has 0 N–H and O–H groups in total. The van der Waals surface area contributed by atoms with Gasteiger partial charge < -0.3 is 0 Å². The number of aryl methyl sites for hydroxylation is 1. The smallest absolute Gasteiger partial charge is 0.265 e. The average molecular weight is 402 g/mol. The van der Waals surface area contributed by atoms with Gasteiger partial charge in [-0.05, 0) is 59.5 Å². The molecule has 0 spiro atoms. The highest BCUT2D eigenvalue weighted by Gasteiger charge is 2.32. The highest BCUT2D eigenvalue weighted by Crippen LogP contribution is 2.36. The van der Waals surface area contributed by atoms with Crippen LogP contribution in [0.5, 0.6) is 0 Å². The molecule has 0 atom stereocenters. The lowest BCUT2D eigenvalue weighted by atomic mass is 10.0. The van der Waals surface area contributed by atoms with E-state index in [-0.39, 0.29) is 22.7 Å². The van der Waals surface area contributed by atoms with E-state index < -0.39 is 21.7 Å². The van der Waals surface area contributed by atoms with Crippen LogP contribution in [0.4, 0.5) is 14.5 Å². The summed E-state index contributed by atoms with van der Waals surface area (Å²) in [5.74, 6) is -1.49. The van der Waals surface area contributed by atoms with Crippen molar-refractivity contribution in [2.45, 2.75) is 24.7 Å². The van der Waals surface area contributed by atoms with Gasteiger partial charge >= 0.3 is 0 Å². The van der Waals surface area contributed by atoms with Gasteiger partial charge in [-0.15, -0.1) is 0 Å². The summed E-state index contributed by atoms with van der Waals surface area (Å²) in [7, 11) is -3.90. The third-order valence-corrected chi connectivity index (χ3v) is 6.64. The first-order chi connectivity index (χ1) is 10.8. The van der Waals surface area contributed by atoms with Crippen LogP contribution < -0.4 is 4.31 Å². The first-order valence-corrected chi connectivity index (χ1v) is 9.31. The minimum atomic E-state index is -3.90. The van der Waals surface area contributed by atoms with Crippen molar-refractivity contribution in [2.75, 3.05) is 10.8 Å². The van der Waals surface area contributed by atoms with E-state index in [1.165, 1.54) is 6.07 Å². The predicted molar refractivity (Wildman–Crippen MR) is 88.1 cm³/mol. The molecule has 0 fully saturated rings. The van der Waals surface area contributed by atoms with Crippen molar-refractivity contribution in [2.24, 2.45) is 0 Å². The normalized spacial score (nSPS) is 14.7. The van der Waals surface area contributed by atoms with Gasteiger partial charge in [0.1, 0.15) is 16.5 Å². The Morgan fingerprint density at radius 1 is 1.17 bits per heavy atom. The summed E-state index contributed by atoms with van der Waals surface area (Å²) in [6.07, 6.45) is 0.876. The lowest BCUT2D eigenvalue weighted by molar-refractivity contribution is 0.558. The molecule has 3 nitrogen and oxygen atoms in total. The van der Waals surface area contributed by atoms with Gasteiger partial charge in [0.25, 0.3) is 10.0 Å². The molecule has 7 heteroatoms. The average Bonchev–Trinajstić information content (AvgIpc) is 2.46. The monoisotopic (exact) mass is 401 g/mol. The summed E-state index contributed by atoms with van der Waals surface area (Å²) in [6.45, 7) is 2.04. The highest BCUT2D eigenvalue weighted by molar-refractivity contribution is 9.10. The number of benzene rings is 2. The second-order valence-corrected chi connectivity index (χ2v) is 8.18. The number of hydrogen-bond donors (Lipinski definition) is 0. The number of fused-ring (bicyclic) bond motifs is 1. The Hall–Kier alpha value is -1.47. The zero-order chi connectivity index (χ0) is 16.8. The van der Waals surface area contributed by atoms with Crippen LogP contribution in [0.3, 0.4) is 0 Å². The zero-order valence-electron chi connectivity index (χ0n) is 12.3. The van der Waals surface area contributed by atoms with Gasteiger partial charge in [0.05, 0.1) is 5.69 Å². The first-order valence-electron chi connectivity index (χ1n) is 7.07. The molecule has 0 radical (unpaired) electrons. The van der Waals surface area contributed by atoms with Gasteiger partial charge in [-0.1, -0.05) is 6.07 Å². The lowest BCUT2D eigenvalue weighted by Crippen LogP contribution is -2.36. The summed E-state index contributed by atoms with van der Waals surface area (Å²) < 4.78 is 55.0. The van der Waals surface area contributed by atoms with E-state index in [4.69, 9.17) is 0 Å². The quantitative estimate of drug-likeness (QED) is 0.756. The molecule has 1 aliphatic heterocycles. The van der Waals surface area contributed by atoms with Gasteiger partial charge in [0.15, 0.2) is 0 Å². The SMILES string of the molecule is Cc1ccc(S(=O)(=O)N2CCCc3c(F)cc(F)cc32)c(Br)c1. The molecule has 0 aromatic heterocycles. The third kappa shape index (κ3) is 2.87. The van der Waals surface area contributed by atoms with Crippen LogP contribution in [0.1, 0.15) is 17.5 Å². The molecule has 2 aromatic carbocycles. The van der Waals surface area contributed by atoms with E-state index in [1.807, 2.05) is 6.92 Å². The van der Waals surface area contributed by atoms with Crippen molar-refractivity contribution in [3.05, 3.63) is 57.6 Å². The molecule has 3 rings (SSSR count).